The molecule has 0 spiro atoms. The average Bonchev–Trinajstić information content (AvgIpc) is 2.64. The number of rotatable bonds is 5. The number of nitrogens with one attached hydrogen (secondary N) is 1. The summed E-state index contributed by atoms with van der Waals surface area (Å²) in [6.07, 6.45) is 4.01. The van der Waals surface area contributed by atoms with Gasteiger partial charge in [0.25, 0.3) is 0 Å². The summed E-state index contributed by atoms with van der Waals surface area (Å²) in [5, 5.41) is 3.10. The Hall–Kier alpha value is -2.33. The summed E-state index contributed by atoms with van der Waals surface area (Å²) < 4.78 is 0. The van der Waals surface area contributed by atoms with Crippen molar-refractivity contribution >= 4 is 11.6 Å². The first-order chi connectivity index (χ1) is 12.2. The minimum absolute atomic E-state index is 0.442. The van der Waals surface area contributed by atoms with Crippen LogP contribution in [0.15, 0.2) is 59.6 Å². The first-order valence-electron chi connectivity index (χ1n) is 9.14. The summed E-state index contributed by atoms with van der Waals surface area (Å²) >= 11 is 0. The second-order valence-corrected chi connectivity index (χ2v) is 6.82. The Morgan fingerprint density at radius 2 is 1.80 bits per heavy atom. The lowest BCUT2D eigenvalue weighted by atomic mass is 10.0. The monoisotopic (exact) mass is 336 g/mol. The summed E-state index contributed by atoms with van der Waals surface area (Å²) in [5.74, 6) is 0.442. The third kappa shape index (κ3) is 5.33. The smallest absolute Gasteiger partial charge is 0.193 e. The Balaban J connectivity index is 1.52. The van der Waals surface area contributed by atoms with Gasteiger partial charge >= 0.3 is 0 Å². The van der Waals surface area contributed by atoms with E-state index in [2.05, 4.69) is 46.4 Å². The van der Waals surface area contributed by atoms with Crippen LogP contribution in [0.5, 0.6) is 0 Å². The van der Waals surface area contributed by atoms with Gasteiger partial charge in [0.1, 0.15) is 0 Å². The molecule has 4 nitrogen and oxygen atoms in total. The number of guanidine groups is 1. The van der Waals surface area contributed by atoms with Crippen molar-refractivity contribution in [2.45, 2.75) is 45.3 Å². The van der Waals surface area contributed by atoms with Gasteiger partial charge in [0.2, 0.25) is 0 Å². The van der Waals surface area contributed by atoms with Gasteiger partial charge in [0.15, 0.2) is 5.96 Å². The predicted octanol–water partition coefficient (Wildman–Crippen LogP) is 3.99. The fraction of sp³-hybridized carbons (Fsp3) is 0.381. The molecule has 0 saturated carbocycles. The molecule has 1 atom stereocenters. The zero-order valence-electron chi connectivity index (χ0n) is 15.0. The number of nitrogens with zero attached hydrogens (tertiary/aromatic N) is 2. The summed E-state index contributed by atoms with van der Waals surface area (Å²) in [7, 11) is 0. The molecule has 1 heterocycles. The highest BCUT2D eigenvalue weighted by molar-refractivity contribution is 5.92. The van der Waals surface area contributed by atoms with E-state index in [4.69, 9.17) is 5.73 Å². The number of hydrogen-bond acceptors (Lipinski definition) is 2. The van der Waals surface area contributed by atoms with Gasteiger partial charge in [-0.1, -0.05) is 48.9 Å². The van der Waals surface area contributed by atoms with E-state index in [9.17, 15) is 0 Å². The summed E-state index contributed by atoms with van der Waals surface area (Å²) in [6, 6.07) is 19.3. The predicted molar refractivity (Wildman–Crippen MR) is 106 cm³/mol. The molecule has 0 amide bonds. The van der Waals surface area contributed by atoms with Crippen LogP contribution >= 0.6 is 0 Å². The number of likely N-dealkylation sites (tertiary alicyclic amines) is 1. The van der Waals surface area contributed by atoms with Crippen LogP contribution in [0.3, 0.4) is 0 Å². The molecule has 3 N–H and O–H groups in total. The number of para-hydroxylation sites is 1. The number of hydrogen-bond donors (Lipinski definition) is 2. The minimum atomic E-state index is 0.442. The fourth-order valence-electron chi connectivity index (χ4n) is 3.26. The number of benzene rings is 2. The van der Waals surface area contributed by atoms with Gasteiger partial charge in [-0.2, -0.15) is 0 Å². The lowest BCUT2D eigenvalue weighted by Gasteiger charge is -2.33. The molecular formula is C21H28N4. The topological polar surface area (TPSA) is 53.6 Å². The van der Waals surface area contributed by atoms with Gasteiger partial charge < -0.3 is 11.1 Å². The van der Waals surface area contributed by atoms with Gasteiger partial charge in [-0.05, 0) is 49.6 Å². The van der Waals surface area contributed by atoms with Crippen molar-refractivity contribution in [3.05, 3.63) is 65.7 Å². The van der Waals surface area contributed by atoms with Gasteiger partial charge in [-0.25, -0.2) is 4.99 Å². The zero-order chi connectivity index (χ0) is 17.5. The Kier molecular flexibility index (Phi) is 6.07. The SMILES string of the molecule is CC1CCCCN1Cc1ccc(CN=C(N)Nc2ccccc2)cc1. The molecule has 1 unspecified atom stereocenters. The lowest BCUT2D eigenvalue weighted by molar-refractivity contribution is 0.152. The van der Waals surface area contributed by atoms with Crippen LogP contribution in [0.1, 0.15) is 37.3 Å². The van der Waals surface area contributed by atoms with E-state index < -0.39 is 0 Å². The van der Waals surface area contributed by atoms with E-state index in [0.717, 1.165) is 12.2 Å². The maximum Gasteiger partial charge on any atom is 0.193 e. The number of nitrogens with two attached hydrogens (primary N) is 1. The molecule has 0 bridgehead atoms. The molecule has 3 rings (SSSR count). The molecule has 1 aliphatic heterocycles. The third-order valence-corrected chi connectivity index (χ3v) is 4.83. The third-order valence-electron chi connectivity index (χ3n) is 4.83. The highest BCUT2D eigenvalue weighted by atomic mass is 15.2. The molecular weight excluding hydrogens is 308 g/mol. The number of anilines is 1. The van der Waals surface area contributed by atoms with E-state index in [1.165, 1.54) is 36.9 Å². The van der Waals surface area contributed by atoms with Crippen LogP contribution in [-0.2, 0) is 13.1 Å². The van der Waals surface area contributed by atoms with Crippen LogP contribution in [-0.4, -0.2) is 23.4 Å². The van der Waals surface area contributed by atoms with E-state index in [1.54, 1.807) is 0 Å². The molecule has 132 valence electrons. The highest BCUT2D eigenvalue weighted by Gasteiger charge is 2.17. The Morgan fingerprint density at radius 1 is 1.08 bits per heavy atom. The maximum atomic E-state index is 5.95. The minimum Gasteiger partial charge on any atom is -0.370 e. The number of aliphatic imine (C=N–C) groups is 1. The quantitative estimate of drug-likeness (QED) is 0.641. The van der Waals surface area contributed by atoms with Gasteiger partial charge in [-0.15, -0.1) is 0 Å². The van der Waals surface area contributed by atoms with Crippen LogP contribution in [0.2, 0.25) is 0 Å². The second kappa shape index (κ2) is 8.67. The molecule has 25 heavy (non-hydrogen) atoms. The maximum absolute atomic E-state index is 5.95. The molecule has 1 aliphatic rings. The van der Waals surface area contributed by atoms with Gasteiger partial charge in [0.05, 0.1) is 6.54 Å². The van der Waals surface area contributed by atoms with Crippen molar-refractivity contribution in [1.82, 2.24) is 4.90 Å². The summed E-state index contributed by atoms with van der Waals surface area (Å²) in [6.45, 7) is 5.19. The first-order valence-corrected chi connectivity index (χ1v) is 9.14. The molecule has 0 radical (unpaired) electrons. The Labute approximate surface area is 150 Å². The van der Waals surface area contributed by atoms with Crippen molar-refractivity contribution in [2.75, 3.05) is 11.9 Å². The van der Waals surface area contributed by atoms with Crippen LogP contribution in [0, 0.1) is 0 Å². The molecule has 4 heteroatoms. The lowest BCUT2D eigenvalue weighted by Crippen LogP contribution is -2.36. The molecule has 1 fully saturated rings. The second-order valence-electron chi connectivity index (χ2n) is 6.82. The van der Waals surface area contributed by atoms with Crippen LogP contribution in [0.25, 0.3) is 0 Å². The summed E-state index contributed by atoms with van der Waals surface area (Å²) in [4.78, 5) is 7.00. The average molecular weight is 336 g/mol. The van der Waals surface area contributed by atoms with E-state index >= 15 is 0 Å². The molecule has 2 aromatic rings. The van der Waals surface area contributed by atoms with Gasteiger partial charge in [-0.3, -0.25) is 4.90 Å². The van der Waals surface area contributed by atoms with Crippen molar-refractivity contribution < 1.29 is 0 Å². The van der Waals surface area contributed by atoms with Crippen LogP contribution < -0.4 is 11.1 Å². The molecule has 2 aromatic carbocycles. The highest BCUT2D eigenvalue weighted by Crippen LogP contribution is 2.19. The molecule has 0 aliphatic carbocycles. The zero-order valence-corrected chi connectivity index (χ0v) is 15.0. The van der Waals surface area contributed by atoms with Crippen molar-refractivity contribution in [3.63, 3.8) is 0 Å². The fourth-order valence-corrected chi connectivity index (χ4v) is 3.26. The van der Waals surface area contributed by atoms with Crippen molar-refractivity contribution in [1.29, 1.82) is 0 Å². The Morgan fingerprint density at radius 3 is 2.52 bits per heavy atom. The van der Waals surface area contributed by atoms with Gasteiger partial charge in [0, 0.05) is 18.3 Å². The molecule has 0 aromatic heterocycles. The molecule has 1 saturated heterocycles. The standard InChI is InChI=1S/C21H28N4/c1-17-7-5-6-14-25(17)16-19-12-10-18(11-13-19)15-23-21(22)24-20-8-3-2-4-9-20/h2-4,8-13,17H,5-7,14-16H2,1H3,(H3,22,23,24). The van der Waals surface area contributed by atoms with E-state index in [0.29, 0.717) is 18.5 Å². The van der Waals surface area contributed by atoms with E-state index in [1.807, 2.05) is 30.3 Å². The normalized spacial score (nSPS) is 18.9. The summed E-state index contributed by atoms with van der Waals surface area (Å²) in [5.41, 5.74) is 9.45. The van der Waals surface area contributed by atoms with Crippen LogP contribution in [0.4, 0.5) is 5.69 Å². The largest absolute Gasteiger partial charge is 0.370 e. The first kappa shape index (κ1) is 17.5. The number of piperidine rings is 1. The van der Waals surface area contributed by atoms with E-state index in [-0.39, 0.29) is 0 Å². The van der Waals surface area contributed by atoms with Crippen molar-refractivity contribution in [3.8, 4) is 0 Å². The Bertz CT molecular complexity index is 679. The van der Waals surface area contributed by atoms with Crippen molar-refractivity contribution in [2.24, 2.45) is 10.7 Å².